The predicted molar refractivity (Wildman–Crippen MR) is 63.9 cm³/mol. The van der Waals surface area contributed by atoms with E-state index < -0.39 is 48.6 Å². The van der Waals surface area contributed by atoms with Crippen LogP contribution in [0.3, 0.4) is 0 Å². The lowest BCUT2D eigenvalue weighted by Gasteiger charge is -2.21. The van der Waals surface area contributed by atoms with Crippen LogP contribution in [0, 0.1) is 0 Å². The Morgan fingerprint density at radius 1 is 1.16 bits per heavy atom. The number of carboxylic acids is 1. The largest absolute Gasteiger partial charge is 0.480 e. The van der Waals surface area contributed by atoms with Crippen molar-refractivity contribution in [1.29, 1.82) is 0 Å². The molecule has 7 N–H and O–H groups in total. The van der Waals surface area contributed by atoms with Gasteiger partial charge in [0.05, 0.1) is 12.7 Å². The van der Waals surface area contributed by atoms with Crippen LogP contribution >= 0.6 is 0 Å². The first kappa shape index (κ1) is 17.3. The van der Waals surface area contributed by atoms with Crippen LogP contribution in [-0.2, 0) is 14.4 Å². The Balaban J connectivity index is 4.54. The Labute approximate surface area is 109 Å². The minimum Gasteiger partial charge on any atom is -0.480 e. The van der Waals surface area contributed by atoms with Crippen LogP contribution < -0.4 is 16.4 Å². The van der Waals surface area contributed by atoms with E-state index in [1.165, 1.54) is 13.8 Å². The van der Waals surface area contributed by atoms with Gasteiger partial charge in [-0.2, -0.15) is 0 Å². The lowest BCUT2D eigenvalue weighted by atomic mass is 10.1. The maximum Gasteiger partial charge on any atom is 0.325 e. The molecule has 0 heterocycles. The summed E-state index contributed by atoms with van der Waals surface area (Å²) in [4.78, 5) is 33.6. The van der Waals surface area contributed by atoms with Crippen LogP contribution in [0.4, 0.5) is 0 Å². The fourth-order valence-corrected chi connectivity index (χ4v) is 1.06. The standard InChI is InChI=1S/C10H19N3O6/c1-4(10(18)19)12-8(16)6(3-14)13-9(17)7(11)5(2)15/h4-7,14-15H,3,11H2,1-2H3,(H,12,16)(H,13,17)(H,18,19)/t4-,5+,6-,7-/m0/s1. The van der Waals surface area contributed by atoms with E-state index in [0.29, 0.717) is 0 Å². The van der Waals surface area contributed by atoms with E-state index in [-0.39, 0.29) is 0 Å². The zero-order valence-corrected chi connectivity index (χ0v) is 10.7. The number of aliphatic hydroxyl groups is 2. The van der Waals surface area contributed by atoms with E-state index in [0.717, 1.165) is 0 Å². The average molecular weight is 277 g/mol. The molecule has 4 atom stereocenters. The topological polar surface area (TPSA) is 162 Å². The van der Waals surface area contributed by atoms with Crippen molar-refractivity contribution in [2.24, 2.45) is 5.73 Å². The highest BCUT2D eigenvalue weighted by atomic mass is 16.4. The van der Waals surface area contributed by atoms with Crippen molar-refractivity contribution in [3.05, 3.63) is 0 Å². The van der Waals surface area contributed by atoms with E-state index >= 15 is 0 Å². The summed E-state index contributed by atoms with van der Waals surface area (Å²) >= 11 is 0. The first-order valence-corrected chi connectivity index (χ1v) is 5.58. The zero-order valence-electron chi connectivity index (χ0n) is 10.7. The number of nitrogens with two attached hydrogens (primary N) is 1. The molecule has 0 unspecified atom stereocenters. The first-order valence-electron chi connectivity index (χ1n) is 5.58. The molecular formula is C10H19N3O6. The normalized spacial score (nSPS) is 16.9. The number of nitrogens with one attached hydrogen (secondary N) is 2. The van der Waals surface area contributed by atoms with Crippen molar-refractivity contribution in [2.75, 3.05) is 6.61 Å². The molecule has 0 fully saturated rings. The van der Waals surface area contributed by atoms with E-state index in [4.69, 9.17) is 21.1 Å². The Hall–Kier alpha value is -1.71. The summed E-state index contributed by atoms with van der Waals surface area (Å²) in [6, 6.07) is -3.75. The third-order valence-electron chi connectivity index (χ3n) is 2.37. The van der Waals surface area contributed by atoms with E-state index in [9.17, 15) is 14.4 Å². The SMILES string of the molecule is C[C@H](NC(=O)[C@H](CO)NC(=O)[C@@H](N)[C@@H](C)O)C(=O)O. The summed E-state index contributed by atoms with van der Waals surface area (Å²) in [6.45, 7) is 1.80. The molecule has 110 valence electrons. The van der Waals surface area contributed by atoms with Gasteiger partial charge in [0, 0.05) is 0 Å². The molecule has 9 nitrogen and oxygen atoms in total. The number of aliphatic hydroxyl groups excluding tert-OH is 2. The predicted octanol–water partition coefficient (Wildman–Crippen LogP) is -3.24. The summed E-state index contributed by atoms with van der Waals surface area (Å²) < 4.78 is 0. The third-order valence-corrected chi connectivity index (χ3v) is 2.37. The van der Waals surface area contributed by atoms with Crippen molar-refractivity contribution in [2.45, 2.75) is 38.1 Å². The van der Waals surface area contributed by atoms with Crippen molar-refractivity contribution in [3.63, 3.8) is 0 Å². The molecule has 0 saturated carbocycles. The van der Waals surface area contributed by atoms with Gasteiger partial charge < -0.3 is 31.7 Å². The van der Waals surface area contributed by atoms with E-state index in [1.807, 2.05) is 0 Å². The van der Waals surface area contributed by atoms with Crippen molar-refractivity contribution < 1.29 is 29.7 Å². The fourth-order valence-electron chi connectivity index (χ4n) is 1.06. The van der Waals surface area contributed by atoms with Crippen LogP contribution in [0.1, 0.15) is 13.8 Å². The van der Waals surface area contributed by atoms with Crippen molar-refractivity contribution in [1.82, 2.24) is 10.6 Å². The summed E-state index contributed by atoms with van der Waals surface area (Å²) in [5, 5.41) is 30.9. The number of carboxylic acid groups (broad SMARTS) is 1. The van der Waals surface area contributed by atoms with Gasteiger partial charge in [0.1, 0.15) is 18.1 Å². The van der Waals surface area contributed by atoms with Gasteiger partial charge in [-0.25, -0.2) is 0 Å². The highest BCUT2D eigenvalue weighted by molar-refractivity contribution is 5.91. The molecule has 2 amide bonds. The second-order valence-electron chi connectivity index (χ2n) is 4.08. The molecule has 0 spiro atoms. The minimum atomic E-state index is -1.33. The highest BCUT2D eigenvalue weighted by Gasteiger charge is 2.27. The summed E-state index contributed by atoms with van der Waals surface area (Å²) in [6.07, 6.45) is -1.12. The lowest BCUT2D eigenvalue weighted by molar-refractivity contribution is -0.142. The average Bonchev–Trinajstić information content (AvgIpc) is 2.33. The Morgan fingerprint density at radius 2 is 1.68 bits per heavy atom. The smallest absolute Gasteiger partial charge is 0.325 e. The van der Waals surface area contributed by atoms with Gasteiger partial charge in [0.2, 0.25) is 11.8 Å². The number of amides is 2. The number of rotatable bonds is 7. The molecule has 0 aliphatic carbocycles. The van der Waals surface area contributed by atoms with E-state index in [1.54, 1.807) is 0 Å². The molecule has 0 aromatic rings. The second-order valence-corrected chi connectivity index (χ2v) is 4.08. The molecule has 0 aromatic carbocycles. The summed E-state index contributed by atoms with van der Waals surface area (Å²) in [7, 11) is 0. The quantitative estimate of drug-likeness (QED) is 0.285. The summed E-state index contributed by atoms with van der Waals surface area (Å²) in [5.41, 5.74) is 5.34. The van der Waals surface area contributed by atoms with Gasteiger partial charge >= 0.3 is 5.97 Å². The van der Waals surface area contributed by atoms with Crippen LogP contribution in [0.2, 0.25) is 0 Å². The van der Waals surface area contributed by atoms with Crippen molar-refractivity contribution in [3.8, 4) is 0 Å². The molecule has 9 heteroatoms. The second kappa shape index (κ2) is 7.67. The molecule has 0 aliphatic rings. The maximum absolute atomic E-state index is 11.6. The monoisotopic (exact) mass is 277 g/mol. The first-order chi connectivity index (χ1) is 8.70. The fraction of sp³-hybridized carbons (Fsp3) is 0.700. The summed E-state index contributed by atoms with van der Waals surface area (Å²) in [5.74, 6) is -2.94. The molecule has 0 aliphatic heterocycles. The van der Waals surface area contributed by atoms with Crippen LogP contribution in [-0.4, -0.2) is 63.9 Å². The van der Waals surface area contributed by atoms with Crippen LogP contribution in [0.15, 0.2) is 0 Å². The van der Waals surface area contributed by atoms with Gasteiger partial charge in [0.15, 0.2) is 0 Å². The van der Waals surface area contributed by atoms with E-state index in [2.05, 4.69) is 10.6 Å². The maximum atomic E-state index is 11.6. The van der Waals surface area contributed by atoms with Gasteiger partial charge in [-0.3, -0.25) is 14.4 Å². The van der Waals surface area contributed by atoms with Crippen LogP contribution in [0.25, 0.3) is 0 Å². The third kappa shape index (κ3) is 5.64. The minimum absolute atomic E-state index is 0.726. The molecule has 0 radical (unpaired) electrons. The molecule has 0 saturated heterocycles. The van der Waals surface area contributed by atoms with Crippen molar-refractivity contribution >= 4 is 17.8 Å². The number of hydrogen-bond acceptors (Lipinski definition) is 6. The Bertz CT molecular complexity index is 346. The van der Waals surface area contributed by atoms with Gasteiger partial charge in [0.25, 0.3) is 0 Å². The van der Waals surface area contributed by atoms with Gasteiger partial charge in [-0.05, 0) is 13.8 Å². The lowest BCUT2D eigenvalue weighted by Crippen LogP contribution is -2.57. The molecular weight excluding hydrogens is 258 g/mol. The molecule has 0 aromatic heterocycles. The number of carbonyl (C=O) groups is 3. The Morgan fingerprint density at radius 3 is 2.05 bits per heavy atom. The highest BCUT2D eigenvalue weighted by Crippen LogP contribution is 1.92. The molecule has 19 heavy (non-hydrogen) atoms. The Kier molecular flexibility index (Phi) is 6.98. The van der Waals surface area contributed by atoms with Gasteiger partial charge in [-0.15, -0.1) is 0 Å². The van der Waals surface area contributed by atoms with Gasteiger partial charge in [-0.1, -0.05) is 0 Å². The zero-order chi connectivity index (χ0) is 15.2. The number of hydrogen-bond donors (Lipinski definition) is 6. The number of carbonyl (C=O) groups excluding carboxylic acids is 2. The number of aliphatic carboxylic acids is 1. The molecule has 0 rings (SSSR count). The molecule has 0 bridgehead atoms. The van der Waals surface area contributed by atoms with Crippen LogP contribution in [0.5, 0.6) is 0 Å².